The van der Waals surface area contributed by atoms with Crippen molar-refractivity contribution >= 4 is 9.84 Å². The molecule has 0 spiro atoms. The summed E-state index contributed by atoms with van der Waals surface area (Å²) in [4.78, 5) is 0. The molecule has 0 bridgehead atoms. The molecule has 0 fully saturated rings. The Labute approximate surface area is 129 Å². The largest absolute Gasteiger partial charge is 0.309 e. The van der Waals surface area contributed by atoms with Crippen LogP contribution in [0.5, 0.6) is 0 Å². The summed E-state index contributed by atoms with van der Waals surface area (Å²) in [5.74, 6) is 0. The highest BCUT2D eigenvalue weighted by Gasteiger charge is 2.39. The van der Waals surface area contributed by atoms with E-state index in [1.54, 1.807) is 0 Å². The van der Waals surface area contributed by atoms with Gasteiger partial charge in [-0.2, -0.15) is 0 Å². The number of hydrogen-bond donors (Lipinski definition) is 1. The van der Waals surface area contributed by atoms with E-state index in [-0.39, 0.29) is 6.04 Å². The third-order valence-corrected chi connectivity index (χ3v) is 6.85. The molecule has 1 atom stereocenters. The number of rotatable bonds is 6. The Hall–Kier alpha value is -0.870. The molecular weight excluding hydrogens is 282 g/mol. The van der Waals surface area contributed by atoms with E-state index in [0.717, 1.165) is 31.4 Å². The first-order valence-electron chi connectivity index (χ1n) is 7.82. The zero-order chi connectivity index (χ0) is 15.7. The van der Waals surface area contributed by atoms with E-state index in [0.29, 0.717) is 0 Å². The minimum atomic E-state index is -3.16. The zero-order valence-corrected chi connectivity index (χ0v) is 14.4. The van der Waals surface area contributed by atoms with Crippen molar-refractivity contribution in [3.8, 4) is 0 Å². The molecule has 21 heavy (non-hydrogen) atoms. The Kier molecular flexibility index (Phi) is 4.79. The molecule has 0 radical (unpaired) electrons. The maximum atomic E-state index is 12.2. The van der Waals surface area contributed by atoms with Crippen molar-refractivity contribution in [2.24, 2.45) is 0 Å². The first-order chi connectivity index (χ1) is 9.77. The van der Waals surface area contributed by atoms with Crippen LogP contribution in [0.4, 0.5) is 0 Å². The normalized spacial score (nSPS) is 16.8. The van der Waals surface area contributed by atoms with Crippen LogP contribution in [0.1, 0.15) is 56.3 Å². The number of nitrogens with one attached hydrogen (secondary N) is 1. The molecule has 1 aliphatic carbocycles. The van der Waals surface area contributed by atoms with Gasteiger partial charge in [0, 0.05) is 6.26 Å². The van der Waals surface area contributed by atoms with Crippen LogP contribution in [-0.2, 0) is 22.7 Å². The van der Waals surface area contributed by atoms with Crippen LogP contribution in [-0.4, -0.2) is 26.0 Å². The van der Waals surface area contributed by atoms with E-state index in [1.807, 2.05) is 13.8 Å². The Balaban J connectivity index is 2.41. The molecule has 3 nitrogen and oxygen atoms in total. The van der Waals surface area contributed by atoms with Crippen LogP contribution in [0.2, 0.25) is 0 Å². The maximum absolute atomic E-state index is 12.2. The highest BCUT2D eigenvalue weighted by atomic mass is 32.2. The molecule has 0 amide bonds. The molecule has 0 heterocycles. The smallest absolute Gasteiger partial charge is 0.154 e. The summed E-state index contributed by atoms with van der Waals surface area (Å²) in [7, 11) is -3.16. The molecule has 2 rings (SSSR count). The van der Waals surface area contributed by atoms with Crippen LogP contribution >= 0.6 is 0 Å². The van der Waals surface area contributed by atoms with Gasteiger partial charge in [0.2, 0.25) is 0 Å². The molecule has 0 aromatic heterocycles. The molecule has 0 saturated heterocycles. The average Bonchev–Trinajstić information content (AvgIpc) is 2.85. The van der Waals surface area contributed by atoms with E-state index >= 15 is 0 Å². The molecule has 118 valence electrons. The van der Waals surface area contributed by atoms with Crippen molar-refractivity contribution in [1.29, 1.82) is 0 Å². The predicted molar refractivity (Wildman–Crippen MR) is 88.4 cm³/mol. The van der Waals surface area contributed by atoms with E-state index < -0.39 is 14.6 Å². The van der Waals surface area contributed by atoms with Gasteiger partial charge in [-0.1, -0.05) is 25.1 Å². The van der Waals surface area contributed by atoms with Crippen molar-refractivity contribution in [1.82, 2.24) is 5.32 Å². The summed E-state index contributed by atoms with van der Waals surface area (Å²) in [5.41, 5.74) is 3.91. The third-order valence-electron chi connectivity index (χ3n) is 4.71. The Morgan fingerprint density at radius 1 is 1.24 bits per heavy atom. The minimum Gasteiger partial charge on any atom is -0.309 e. The van der Waals surface area contributed by atoms with Gasteiger partial charge in [-0.3, -0.25) is 0 Å². The van der Waals surface area contributed by atoms with Crippen LogP contribution < -0.4 is 5.32 Å². The molecule has 1 aromatic carbocycles. The Morgan fingerprint density at radius 2 is 1.90 bits per heavy atom. The number of sulfone groups is 1. The topological polar surface area (TPSA) is 46.2 Å². The summed E-state index contributed by atoms with van der Waals surface area (Å²) < 4.78 is 23.6. The van der Waals surface area contributed by atoms with E-state index in [2.05, 4.69) is 30.4 Å². The van der Waals surface area contributed by atoms with E-state index in [1.165, 1.54) is 23.8 Å². The fourth-order valence-electron chi connectivity index (χ4n) is 3.04. The van der Waals surface area contributed by atoms with Gasteiger partial charge in [0.15, 0.2) is 9.84 Å². The highest BCUT2D eigenvalue weighted by molar-refractivity contribution is 7.92. The van der Waals surface area contributed by atoms with Crippen molar-refractivity contribution in [2.45, 2.75) is 57.2 Å². The van der Waals surface area contributed by atoms with E-state index in [9.17, 15) is 8.42 Å². The Morgan fingerprint density at radius 3 is 2.52 bits per heavy atom. The summed E-state index contributed by atoms with van der Waals surface area (Å²) in [6, 6.07) is 6.32. The van der Waals surface area contributed by atoms with Crippen LogP contribution in [0.3, 0.4) is 0 Å². The predicted octanol–water partition coefficient (Wildman–Crippen LogP) is 3.04. The van der Waals surface area contributed by atoms with Gasteiger partial charge in [0.05, 0.1) is 10.8 Å². The molecule has 0 aliphatic heterocycles. The number of benzene rings is 1. The minimum absolute atomic E-state index is 0.168. The lowest BCUT2D eigenvalue weighted by molar-refractivity contribution is 0.420. The van der Waals surface area contributed by atoms with E-state index in [4.69, 9.17) is 0 Å². The lowest BCUT2D eigenvalue weighted by Crippen LogP contribution is -2.45. The second-order valence-corrected chi connectivity index (χ2v) is 9.24. The van der Waals surface area contributed by atoms with Crippen LogP contribution in [0, 0.1) is 0 Å². The fraction of sp³-hybridized carbons (Fsp3) is 0.647. The zero-order valence-electron chi connectivity index (χ0n) is 13.6. The summed E-state index contributed by atoms with van der Waals surface area (Å²) in [6.07, 6.45) is 5.80. The SMILES string of the molecule is CCCNC(c1ccc2c(c1)CCC2)C(C)(C)S(C)(=O)=O. The standard InChI is InChI=1S/C17H27NO2S/c1-5-11-18-16(17(2,3)21(4,19)20)15-10-9-13-7-6-8-14(13)12-15/h9-10,12,16,18H,5-8,11H2,1-4H3. The first-order valence-corrected chi connectivity index (χ1v) is 9.71. The molecule has 1 unspecified atom stereocenters. The van der Waals surface area contributed by atoms with Crippen LogP contribution in [0.15, 0.2) is 18.2 Å². The van der Waals surface area contributed by atoms with Crippen molar-refractivity contribution in [3.63, 3.8) is 0 Å². The van der Waals surface area contributed by atoms with Crippen molar-refractivity contribution in [3.05, 3.63) is 34.9 Å². The second kappa shape index (κ2) is 6.09. The second-order valence-electron chi connectivity index (χ2n) is 6.64. The van der Waals surface area contributed by atoms with Gasteiger partial charge in [0.25, 0.3) is 0 Å². The van der Waals surface area contributed by atoms with Gasteiger partial charge >= 0.3 is 0 Å². The number of aryl methyl sites for hydroxylation is 2. The average molecular weight is 309 g/mol. The van der Waals surface area contributed by atoms with Gasteiger partial charge in [0.1, 0.15) is 0 Å². The fourth-order valence-corrected chi connectivity index (χ4v) is 3.69. The molecule has 1 N–H and O–H groups in total. The van der Waals surface area contributed by atoms with Gasteiger partial charge < -0.3 is 5.32 Å². The quantitative estimate of drug-likeness (QED) is 0.878. The number of hydrogen-bond acceptors (Lipinski definition) is 3. The lowest BCUT2D eigenvalue weighted by Gasteiger charge is -2.34. The summed E-state index contributed by atoms with van der Waals surface area (Å²) in [6.45, 7) is 6.56. The van der Waals surface area contributed by atoms with Crippen LogP contribution in [0.25, 0.3) is 0 Å². The molecule has 0 saturated carbocycles. The lowest BCUT2D eigenvalue weighted by atomic mass is 9.92. The maximum Gasteiger partial charge on any atom is 0.154 e. The summed E-state index contributed by atoms with van der Waals surface area (Å²) in [5, 5.41) is 3.44. The molecule has 1 aliphatic rings. The summed E-state index contributed by atoms with van der Waals surface area (Å²) >= 11 is 0. The molecule has 1 aromatic rings. The molecular formula is C17H27NO2S. The van der Waals surface area contributed by atoms with Crippen molar-refractivity contribution < 1.29 is 8.42 Å². The van der Waals surface area contributed by atoms with Gasteiger partial charge in [-0.25, -0.2) is 8.42 Å². The highest BCUT2D eigenvalue weighted by Crippen LogP contribution is 2.34. The first kappa shape index (κ1) is 16.5. The van der Waals surface area contributed by atoms with Gasteiger partial charge in [-0.15, -0.1) is 0 Å². The van der Waals surface area contributed by atoms with Crippen molar-refractivity contribution in [2.75, 3.05) is 12.8 Å². The Bertz CT molecular complexity index is 605. The van der Waals surface area contributed by atoms with Gasteiger partial charge in [-0.05, 0) is 62.8 Å². The third kappa shape index (κ3) is 3.32. The monoisotopic (exact) mass is 309 g/mol. The number of fused-ring (bicyclic) bond motifs is 1. The molecule has 4 heteroatoms.